The molecule has 0 saturated carbocycles. The molecule has 1 aromatic rings. The number of hydrogen-bond donors (Lipinski definition) is 1. The molecule has 0 radical (unpaired) electrons. The fraction of sp³-hybridized carbons (Fsp3) is 0.154. The van der Waals surface area contributed by atoms with Gasteiger partial charge in [-0.05, 0) is 12.1 Å². The smallest absolute Gasteiger partial charge is 0.275 e. The molecule has 6 amide bonds. The molecule has 0 aliphatic carbocycles. The van der Waals surface area contributed by atoms with Gasteiger partial charge in [-0.15, -0.1) is 0 Å². The lowest BCUT2D eigenvalue weighted by Crippen LogP contribution is -2.65. The highest BCUT2D eigenvalue weighted by Gasteiger charge is 2.50. The second-order valence-corrected chi connectivity index (χ2v) is 4.62. The number of rotatable bonds is 1. The highest BCUT2D eigenvalue weighted by atomic mass is 16.2. The Balaban J connectivity index is 2.04. The van der Waals surface area contributed by atoms with Crippen molar-refractivity contribution in [1.82, 2.24) is 15.1 Å². The second-order valence-electron chi connectivity index (χ2n) is 4.62. The van der Waals surface area contributed by atoms with Gasteiger partial charge in [0.2, 0.25) is 0 Å². The lowest BCUT2D eigenvalue weighted by Gasteiger charge is -2.31. The van der Waals surface area contributed by atoms with Crippen LogP contribution in [0, 0.1) is 0 Å². The number of likely N-dealkylation sites (N-methyl/N-ethyl adjacent to an activating group) is 1. The normalized spacial score (nSPS) is 21.8. The van der Waals surface area contributed by atoms with Gasteiger partial charge in [-0.3, -0.25) is 34.3 Å². The van der Waals surface area contributed by atoms with E-state index in [0.29, 0.717) is 9.80 Å². The van der Waals surface area contributed by atoms with Gasteiger partial charge in [0.05, 0.1) is 11.1 Å². The van der Waals surface area contributed by atoms with Crippen LogP contribution in [0.1, 0.15) is 20.7 Å². The molecule has 1 fully saturated rings. The third kappa shape index (κ3) is 1.65. The van der Waals surface area contributed by atoms with E-state index in [1.165, 1.54) is 12.1 Å². The standard InChI is InChI=1S/C13H9N3O5/c1-15-12(20)8(9(17)14-13(15)21)16-10(18)6-4-2-3-5-7(6)11(16)19/h2-5,8H,1H3,(H,14,17,21). The van der Waals surface area contributed by atoms with Gasteiger partial charge in [0.25, 0.3) is 23.6 Å². The van der Waals surface area contributed by atoms with Crippen LogP contribution in [-0.2, 0) is 9.59 Å². The van der Waals surface area contributed by atoms with E-state index in [1.807, 2.05) is 5.32 Å². The van der Waals surface area contributed by atoms with Crippen LogP contribution in [0.5, 0.6) is 0 Å². The Morgan fingerprint density at radius 2 is 1.48 bits per heavy atom. The Morgan fingerprint density at radius 1 is 0.952 bits per heavy atom. The molecule has 1 atom stereocenters. The zero-order valence-corrected chi connectivity index (χ0v) is 10.8. The molecule has 1 saturated heterocycles. The molecule has 2 heterocycles. The van der Waals surface area contributed by atoms with Crippen LogP contribution < -0.4 is 5.32 Å². The molecule has 0 bridgehead atoms. The number of imide groups is 3. The van der Waals surface area contributed by atoms with Gasteiger partial charge in [0.15, 0.2) is 6.04 Å². The summed E-state index contributed by atoms with van der Waals surface area (Å²) >= 11 is 0. The summed E-state index contributed by atoms with van der Waals surface area (Å²) in [6, 6.07) is 3.47. The molecule has 8 nitrogen and oxygen atoms in total. The zero-order chi connectivity index (χ0) is 15.3. The summed E-state index contributed by atoms with van der Waals surface area (Å²) in [5.41, 5.74) is 0.255. The molecular formula is C13H9N3O5. The summed E-state index contributed by atoms with van der Waals surface area (Å²) < 4.78 is 0. The largest absolute Gasteiger partial charge is 0.330 e. The van der Waals surface area contributed by atoms with Crippen molar-refractivity contribution in [3.05, 3.63) is 35.4 Å². The van der Waals surface area contributed by atoms with Crippen molar-refractivity contribution in [2.45, 2.75) is 6.04 Å². The molecule has 0 spiro atoms. The van der Waals surface area contributed by atoms with Crippen molar-refractivity contribution in [2.24, 2.45) is 0 Å². The Morgan fingerprint density at radius 3 is 2.00 bits per heavy atom. The van der Waals surface area contributed by atoms with E-state index >= 15 is 0 Å². The van der Waals surface area contributed by atoms with Crippen molar-refractivity contribution in [1.29, 1.82) is 0 Å². The van der Waals surface area contributed by atoms with Gasteiger partial charge < -0.3 is 0 Å². The van der Waals surface area contributed by atoms with E-state index < -0.39 is 35.7 Å². The third-order valence-electron chi connectivity index (χ3n) is 3.43. The van der Waals surface area contributed by atoms with E-state index in [1.54, 1.807) is 12.1 Å². The lowest BCUT2D eigenvalue weighted by atomic mass is 10.1. The van der Waals surface area contributed by atoms with Crippen LogP contribution in [0.4, 0.5) is 4.79 Å². The highest BCUT2D eigenvalue weighted by Crippen LogP contribution is 2.26. The van der Waals surface area contributed by atoms with Crippen molar-refractivity contribution in [3.8, 4) is 0 Å². The molecule has 2 aliphatic heterocycles. The molecule has 1 unspecified atom stereocenters. The topological polar surface area (TPSA) is 104 Å². The maximum atomic E-state index is 12.3. The average molecular weight is 287 g/mol. The van der Waals surface area contributed by atoms with Gasteiger partial charge >= 0.3 is 6.03 Å². The fourth-order valence-corrected chi connectivity index (χ4v) is 2.32. The summed E-state index contributed by atoms with van der Waals surface area (Å²) in [6.07, 6.45) is 0. The fourth-order valence-electron chi connectivity index (χ4n) is 2.32. The maximum Gasteiger partial charge on any atom is 0.330 e. The molecule has 8 heteroatoms. The van der Waals surface area contributed by atoms with E-state index in [0.717, 1.165) is 7.05 Å². The Labute approximate surface area is 118 Å². The number of carbonyl (C=O) groups is 5. The number of urea groups is 1. The molecule has 21 heavy (non-hydrogen) atoms. The summed E-state index contributed by atoms with van der Waals surface area (Å²) in [5.74, 6) is -3.37. The first kappa shape index (κ1) is 13.0. The Bertz CT molecular complexity index is 691. The number of benzene rings is 1. The molecule has 1 aromatic carbocycles. The predicted octanol–water partition coefficient (Wildman–Crippen LogP) is -0.641. The number of nitrogens with one attached hydrogen (secondary N) is 1. The SMILES string of the molecule is CN1C(=O)NC(=O)C(N2C(=O)c3ccccc3C2=O)C1=O. The number of carbonyl (C=O) groups excluding carboxylic acids is 5. The van der Waals surface area contributed by atoms with Gasteiger partial charge in [-0.2, -0.15) is 0 Å². The molecule has 0 aromatic heterocycles. The number of barbiturate groups is 1. The molecule has 1 N–H and O–H groups in total. The van der Waals surface area contributed by atoms with Crippen LogP contribution in [0.3, 0.4) is 0 Å². The first-order valence-electron chi connectivity index (χ1n) is 6.03. The van der Waals surface area contributed by atoms with Crippen LogP contribution in [-0.4, -0.2) is 52.5 Å². The minimum atomic E-state index is -1.67. The maximum absolute atomic E-state index is 12.3. The van der Waals surface area contributed by atoms with Gasteiger partial charge in [-0.25, -0.2) is 4.79 Å². The minimum absolute atomic E-state index is 0.127. The summed E-state index contributed by atoms with van der Waals surface area (Å²) in [7, 11) is 1.16. The Hall–Kier alpha value is -3.03. The molecular weight excluding hydrogens is 278 g/mol. The van der Waals surface area contributed by atoms with Gasteiger partial charge in [0.1, 0.15) is 0 Å². The summed E-state index contributed by atoms with van der Waals surface area (Å²) in [5, 5.41) is 1.94. The summed E-state index contributed by atoms with van der Waals surface area (Å²) in [4.78, 5) is 61.0. The molecule has 106 valence electrons. The predicted molar refractivity (Wildman–Crippen MR) is 67.0 cm³/mol. The van der Waals surface area contributed by atoms with Crippen molar-refractivity contribution in [2.75, 3.05) is 7.05 Å². The monoisotopic (exact) mass is 287 g/mol. The number of fused-ring (bicyclic) bond motifs is 1. The molecule has 3 rings (SSSR count). The van der Waals surface area contributed by atoms with E-state index in [9.17, 15) is 24.0 Å². The zero-order valence-electron chi connectivity index (χ0n) is 10.8. The van der Waals surface area contributed by atoms with Crippen molar-refractivity contribution < 1.29 is 24.0 Å². The van der Waals surface area contributed by atoms with E-state index in [-0.39, 0.29) is 11.1 Å². The van der Waals surface area contributed by atoms with Crippen molar-refractivity contribution >= 4 is 29.7 Å². The lowest BCUT2D eigenvalue weighted by molar-refractivity contribution is -0.141. The number of hydrogen-bond acceptors (Lipinski definition) is 5. The third-order valence-corrected chi connectivity index (χ3v) is 3.43. The highest BCUT2D eigenvalue weighted by molar-refractivity contribution is 6.28. The minimum Gasteiger partial charge on any atom is -0.275 e. The average Bonchev–Trinajstić information content (AvgIpc) is 2.71. The van der Waals surface area contributed by atoms with Crippen LogP contribution in [0.15, 0.2) is 24.3 Å². The van der Waals surface area contributed by atoms with Crippen LogP contribution in [0.2, 0.25) is 0 Å². The van der Waals surface area contributed by atoms with Gasteiger partial charge in [-0.1, -0.05) is 12.1 Å². The van der Waals surface area contributed by atoms with Crippen molar-refractivity contribution in [3.63, 3.8) is 0 Å². The quantitative estimate of drug-likeness (QED) is 0.546. The molecule has 2 aliphatic rings. The van der Waals surface area contributed by atoms with Crippen LogP contribution in [0.25, 0.3) is 0 Å². The number of amides is 6. The van der Waals surface area contributed by atoms with E-state index in [2.05, 4.69) is 0 Å². The Kier molecular flexibility index (Phi) is 2.62. The first-order chi connectivity index (χ1) is 9.93. The van der Waals surface area contributed by atoms with E-state index in [4.69, 9.17) is 0 Å². The van der Waals surface area contributed by atoms with Crippen LogP contribution >= 0.6 is 0 Å². The number of nitrogens with zero attached hydrogens (tertiary/aromatic N) is 2. The van der Waals surface area contributed by atoms with Gasteiger partial charge in [0, 0.05) is 7.05 Å². The second kappa shape index (κ2) is 4.23. The summed E-state index contributed by atoms with van der Waals surface area (Å²) in [6.45, 7) is 0. The first-order valence-corrected chi connectivity index (χ1v) is 6.03.